The van der Waals surface area contributed by atoms with Crippen LogP contribution in [0.4, 0.5) is 0 Å². The van der Waals surface area contributed by atoms with Gasteiger partial charge in [0.2, 0.25) is 0 Å². The van der Waals surface area contributed by atoms with E-state index < -0.39 is 42.9 Å². The molecule has 0 amide bonds. The third kappa shape index (κ3) is 3.03. The third-order valence-electron chi connectivity index (χ3n) is 2.67. The molecule has 0 bridgehead atoms. The molecule has 0 N–H and O–H groups in total. The Morgan fingerprint density at radius 3 is 1.87 bits per heavy atom. The van der Waals surface area contributed by atoms with Crippen molar-refractivity contribution in [1.82, 2.24) is 0 Å². The fourth-order valence-corrected chi connectivity index (χ4v) is 10.4. The van der Waals surface area contributed by atoms with Gasteiger partial charge < -0.3 is 0 Å². The van der Waals surface area contributed by atoms with Crippen molar-refractivity contribution in [3.63, 3.8) is 0 Å². The summed E-state index contributed by atoms with van der Waals surface area (Å²) in [5, 5.41) is 0. The molecule has 1 aromatic carbocycles. The van der Waals surface area contributed by atoms with Crippen LogP contribution in [0.1, 0.15) is 32.6 Å². The number of ether oxygens (including phenoxy) is 1. The van der Waals surface area contributed by atoms with Crippen molar-refractivity contribution in [2.45, 2.75) is 27.1 Å². The molecular formula is C14H17IO8. The van der Waals surface area contributed by atoms with Crippen LogP contribution in [0.25, 0.3) is 0 Å². The van der Waals surface area contributed by atoms with E-state index in [4.69, 9.17) is 17.0 Å². The first kappa shape index (κ1) is 17.6. The molecule has 1 heterocycles. The minimum atomic E-state index is -5.83. The predicted octanol–water partition coefficient (Wildman–Crippen LogP) is 2.46. The molecular weight excluding hydrogens is 423 g/mol. The van der Waals surface area contributed by atoms with E-state index >= 15 is 0 Å². The molecule has 0 spiro atoms. The maximum atomic E-state index is 11.7. The molecule has 2 rings (SSSR count). The normalized spacial score (nSPS) is 22.1. The Morgan fingerprint density at radius 1 is 0.957 bits per heavy atom. The van der Waals surface area contributed by atoms with Gasteiger partial charge in [0.05, 0.1) is 0 Å². The van der Waals surface area contributed by atoms with Crippen molar-refractivity contribution < 1.29 is 31.4 Å². The Hall–Kier alpha value is -1.72. The molecule has 8 nitrogen and oxygen atoms in total. The molecule has 0 radical (unpaired) electrons. The fourth-order valence-electron chi connectivity index (χ4n) is 2.13. The van der Waals surface area contributed by atoms with Gasteiger partial charge in [0, 0.05) is 0 Å². The number of methoxy groups -OCH3 is 1. The van der Waals surface area contributed by atoms with Gasteiger partial charge >= 0.3 is 136 Å². The molecule has 1 aromatic rings. The van der Waals surface area contributed by atoms with Gasteiger partial charge in [-0.05, 0) is 0 Å². The van der Waals surface area contributed by atoms with Gasteiger partial charge in [-0.1, -0.05) is 0 Å². The van der Waals surface area contributed by atoms with Crippen LogP contribution in [0.15, 0.2) is 24.3 Å². The van der Waals surface area contributed by atoms with Crippen LogP contribution in [0, 0.1) is 3.57 Å². The van der Waals surface area contributed by atoms with Crippen LogP contribution in [-0.4, -0.2) is 25.0 Å². The molecule has 0 aromatic heterocycles. The van der Waals surface area contributed by atoms with Crippen molar-refractivity contribution in [2.24, 2.45) is 0 Å². The molecule has 0 saturated carbocycles. The number of carbonyl (C=O) groups is 3. The van der Waals surface area contributed by atoms with Gasteiger partial charge in [-0.15, -0.1) is 0 Å². The maximum absolute atomic E-state index is 11.7. The van der Waals surface area contributed by atoms with Gasteiger partial charge in [0.1, 0.15) is 0 Å². The summed E-state index contributed by atoms with van der Waals surface area (Å²) in [4.78, 5) is 35.1. The Kier molecular flexibility index (Phi) is 4.64. The molecule has 9 heteroatoms. The molecule has 0 fully saturated rings. The summed E-state index contributed by atoms with van der Waals surface area (Å²) < 4.78 is 27.1. The van der Waals surface area contributed by atoms with E-state index in [1.807, 2.05) is 0 Å². The molecule has 1 unspecified atom stereocenters. The van der Waals surface area contributed by atoms with Gasteiger partial charge in [0.25, 0.3) is 0 Å². The van der Waals surface area contributed by atoms with Crippen LogP contribution in [0.5, 0.6) is 0 Å². The van der Waals surface area contributed by atoms with E-state index in [0.29, 0.717) is 5.56 Å². The van der Waals surface area contributed by atoms with Crippen molar-refractivity contribution in [1.29, 1.82) is 0 Å². The first-order chi connectivity index (χ1) is 10.7. The number of carbonyl (C=O) groups excluding carboxylic acids is 3. The number of rotatable bonds is 4. The van der Waals surface area contributed by atoms with Crippen molar-refractivity contribution >= 4 is 36.6 Å². The predicted molar refractivity (Wildman–Crippen MR) is 85.3 cm³/mol. The summed E-state index contributed by atoms with van der Waals surface area (Å²) in [6.07, 6.45) is -1.00. The molecule has 23 heavy (non-hydrogen) atoms. The van der Waals surface area contributed by atoms with Gasteiger partial charge in [-0.3, -0.25) is 0 Å². The molecule has 1 aliphatic rings. The van der Waals surface area contributed by atoms with Crippen LogP contribution < -0.4 is 0 Å². The monoisotopic (exact) mass is 440 g/mol. The Bertz CT molecular complexity index is 627. The molecule has 0 aliphatic carbocycles. The van der Waals surface area contributed by atoms with Gasteiger partial charge in [0.15, 0.2) is 0 Å². The van der Waals surface area contributed by atoms with Crippen molar-refractivity contribution in [2.75, 3.05) is 7.11 Å². The Morgan fingerprint density at radius 2 is 1.43 bits per heavy atom. The number of benzene rings is 1. The van der Waals surface area contributed by atoms with Crippen LogP contribution in [0.3, 0.4) is 0 Å². The van der Waals surface area contributed by atoms with Crippen LogP contribution in [-0.2, 0) is 31.4 Å². The SMILES string of the molecule is COC1OI(OC(C)=O)(OC(C)=O)(OC(C)=O)c2ccccc21. The van der Waals surface area contributed by atoms with E-state index in [2.05, 4.69) is 0 Å². The average Bonchev–Trinajstić information content (AvgIpc) is 2.67. The first-order valence-corrected chi connectivity index (χ1v) is 11.1. The molecule has 0 saturated heterocycles. The number of hydrogen-bond acceptors (Lipinski definition) is 8. The summed E-state index contributed by atoms with van der Waals surface area (Å²) in [6, 6.07) is 6.50. The van der Waals surface area contributed by atoms with Gasteiger partial charge in [-0.25, -0.2) is 0 Å². The minimum absolute atomic E-state index is 0.213. The Labute approximate surface area is 135 Å². The summed E-state index contributed by atoms with van der Waals surface area (Å²) in [7, 11) is 1.36. The zero-order valence-corrected chi connectivity index (χ0v) is 15.2. The van der Waals surface area contributed by atoms with E-state index in [1.165, 1.54) is 13.2 Å². The van der Waals surface area contributed by atoms with Crippen LogP contribution in [0.2, 0.25) is 0 Å². The van der Waals surface area contributed by atoms with Crippen molar-refractivity contribution in [3.05, 3.63) is 33.4 Å². The Balaban J connectivity index is 2.78. The van der Waals surface area contributed by atoms with Crippen molar-refractivity contribution in [3.8, 4) is 0 Å². The fraction of sp³-hybridized carbons (Fsp3) is 0.357. The van der Waals surface area contributed by atoms with E-state index in [1.54, 1.807) is 18.2 Å². The number of hydrogen-bond donors (Lipinski definition) is 0. The zero-order chi connectivity index (χ0) is 17.3. The molecule has 1 atom stereocenters. The average molecular weight is 440 g/mol. The summed E-state index contributed by atoms with van der Waals surface area (Å²) in [5.41, 5.74) is 0.466. The quantitative estimate of drug-likeness (QED) is 0.659. The van der Waals surface area contributed by atoms with Gasteiger partial charge in [-0.2, -0.15) is 0 Å². The molecule has 1 aliphatic heterocycles. The summed E-state index contributed by atoms with van der Waals surface area (Å²) in [5.74, 6) is -2.44. The topological polar surface area (TPSA) is 97.4 Å². The number of halogens is 1. The standard InChI is InChI=1S/C14H17IO8/c1-9(16)20-15(21-10(2)17,22-11(3)18)13-8-6-5-7-12(13)14(19-4)23-15/h5-8,14H,1-4H3. The summed E-state index contributed by atoms with van der Waals surface area (Å²) in [6.45, 7) is 3.31. The van der Waals surface area contributed by atoms with E-state index in [0.717, 1.165) is 20.8 Å². The second-order valence-corrected chi connectivity index (χ2v) is 11.5. The van der Waals surface area contributed by atoms with E-state index in [-0.39, 0.29) is 3.57 Å². The third-order valence-corrected chi connectivity index (χ3v) is 11.0. The zero-order valence-electron chi connectivity index (χ0n) is 13.0. The second-order valence-electron chi connectivity index (χ2n) is 4.57. The van der Waals surface area contributed by atoms with E-state index in [9.17, 15) is 14.4 Å². The first-order valence-electron chi connectivity index (χ1n) is 6.53. The number of fused-ring (bicyclic) bond motifs is 1. The second kappa shape index (κ2) is 6.06. The summed E-state index contributed by atoms with van der Waals surface area (Å²) >= 11 is -5.83. The van der Waals surface area contributed by atoms with Crippen LogP contribution >= 0.6 is 18.7 Å². The molecule has 128 valence electrons.